The Hall–Kier alpha value is -1.61. The van der Waals surface area contributed by atoms with E-state index >= 15 is 0 Å². The highest BCUT2D eigenvalue weighted by Crippen LogP contribution is 2.25. The molecular formula is C11H8ClNO2. The van der Waals surface area contributed by atoms with Crippen molar-refractivity contribution in [3.63, 3.8) is 0 Å². The fourth-order valence-electron chi connectivity index (χ4n) is 1.53. The molecule has 0 spiro atoms. The van der Waals surface area contributed by atoms with Gasteiger partial charge < -0.3 is 5.11 Å². The topological polar surface area (TPSA) is 50.2 Å². The maximum Gasteiger partial charge on any atom is 0.355 e. The molecule has 2 rings (SSSR count). The summed E-state index contributed by atoms with van der Waals surface area (Å²) in [5.41, 5.74) is 0.695. The van der Waals surface area contributed by atoms with Gasteiger partial charge in [0.15, 0.2) is 5.69 Å². The second-order valence-corrected chi connectivity index (χ2v) is 3.66. The van der Waals surface area contributed by atoms with Crippen LogP contribution < -0.4 is 0 Å². The predicted molar refractivity (Wildman–Crippen MR) is 58.4 cm³/mol. The zero-order valence-electron chi connectivity index (χ0n) is 7.99. The Morgan fingerprint density at radius 1 is 1.40 bits per heavy atom. The SMILES string of the molecule is Cc1cc2c(Cl)cccc2c(C(=O)O)n1. The highest BCUT2D eigenvalue weighted by atomic mass is 35.5. The molecule has 0 saturated heterocycles. The molecule has 0 aliphatic rings. The zero-order valence-corrected chi connectivity index (χ0v) is 8.75. The van der Waals surface area contributed by atoms with Crippen LogP contribution in [-0.4, -0.2) is 16.1 Å². The van der Waals surface area contributed by atoms with Crippen LogP contribution in [0.5, 0.6) is 0 Å². The van der Waals surface area contributed by atoms with E-state index in [0.717, 1.165) is 5.39 Å². The van der Waals surface area contributed by atoms with Crippen molar-refractivity contribution < 1.29 is 9.90 Å². The largest absolute Gasteiger partial charge is 0.476 e. The van der Waals surface area contributed by atoms with E-state index in [4.69, 9.17) is 16.7 Å². The van der Waals surface area contributed by atoms with Crippen molar-refractivity contribution in [1.29, 1.82) is 0 Å². The van der Waals surface area contributed by atoms with Gasteiger partial charge in [0.2, 0.25) is 0 Å². The fraction of sp³-hybridized carbons (Fsp3) is 0.0909. The van der Waals surface area contributed by atoms with Gasteiger partial charge in [-0.1, -0.05) is 23.7 Å². The number of carbonyl (C=O) groups is 1. The first-order valence-electron chi connectivity index (χ1n) is 4.39. The average Bonchev–Trinajstić information content (AvgIpc) is 2.18. The summed E-state index contributed by atoms with van der Waals surface area (Å²) < 4.78 is 0. The van der Waals surface area contributed by atoms with Crippen LogP contribution in [-0.2, 0) is 0 Å². The summed E-state index contributed by atoms with van der Waals surface area (Å²) in [7, 11) is 0. The molecule has 2 aromatic rings. The minimum atomic E-state index is -1.04. The molecule has 15 heavy (non-hydrogen) atoms. The number of fused-ring (bicyclic) bond motifs is 1. The first-order chi connectivity index (χ1) is 7.09. The lowest BCUT2D eigenvalue weighted by molar-refractivity contribution is 0.0692. The number of carboxylic acid groups (broad SMARTS) is 1. The molecule has 0 saturated carbocycles. The summed E-state index contributed by atoms with van der Waals surface area (Å²) in [6.45, 7) is 1.75. The molecule has 4 heteroatoms. The quantitative estimate of drug-likeness (QED) is 0.806. The Morgan fingerprint density at radius 2 is 2.13 bits per heavy atom. The molecule has 1 N–H and O–H groups in total. The van der Waals surface area contributed by atoms with E-state index in [1.165, 1.54) is 0 Å². The summed E-state index contributed by atoms with van der Waals surface area (Å²) in [4.78, 5) is 15.0. The van der Waals surface area contributed by atoms with Crippen molar-refractivity contribution in [2.24, 2.45) is 0 Å². The summed E-state index contributed by atoms with van der Waals surface area (Å²) in [6.07, 6.45) is 0. The van der Waals surface area contributed by atoms with Crippen LogP contribution in [0.4, 0.5) is 0 Å². The maximum atomic E-state index is 11.0. The van der Waals surface area contributed by atoms with Gasteiger partial charge in [-0.2, -0.15) is 0 Å². The van der Waals surface area contributed by atoms with E-state index in [9.17, 15) is 4.79 Å². The summed E-state index contributed by atoms with van der Waals surface area (Å²) in [5.74, 6) is -1.04. The molecule has 0 amide bonds. The Morgan fingerprint density at radius 3 is 2.80 bits per heavy atom. The minimum absolute atomic E-state index is 0.0486. The number of hydrogen-bond acceptors (Lipinski definition) is 2. The molecular weight excluding hydrogens is 214 g/mol. The Kier molecular flexibility index (Phi) is 2.32. The van der Waals surface area contributed by atoms with Gasteiger partial charge in [0.1, 0.15) is 0 Å². The fourth-order valence-corrected chi connectivity index (χ4v) is 1.76. The summed E-state index contributed by atoms with van der Waals surface area (Å²) >= 11 is 5.98. The molecule has 0 atom stereocenters. The summed E-state index contributed by atoms with van der Waals surface area (Å²) in [6, 6.07) is 6.93. The zero-order chi connectivity index (χ0) is 11.0. The number of aromatic nitrogens is 1. The molecule has 1 aromatic heterocycles. The van der Waals surface area contributed by atoms with Crippen molar-refractivity contribution in [1.82, 2.24) is 4.98 Å². The molecule has 3 nitrogen and oxygen atoms in total. The van der Waals surface area contributed by atoms with Crippen molar-refractivity contribution >= 4 is 28.3 Å². The van der Waals surface area contributed by atoms with Gasteiger partial charge in [-0.3, -0.25) is 0 Å². The highest BCUT2D eigenvalue weighted by Gasteiger charge is 2.12. The number of hydrogen-bond donors (Lipinski definition) is 1. The van der Waals surface area contributed by atoms with Crippen LogP contribution in [0.15, 0.2) is 24.3 Å². The molecule has 0 aliphatic carbocycles. The lowest BCUT2D eigenvalue weighted by Gasteiger charge is -2.04. The predicted octanol–water partition coefficient (Wildman–Crippen LogP) is 2.89. The number of pyridine rings is 1. The van der Waals surface area contributed by atoms with E-state index in [2.05, 4.69) is 4.98 Å². The third kappa shape index (κ3) is 1.66. The van der Waals surface area contributed by atoms with Crippen LogP contribution in [0.1, 0.15) is 16.2 Å². The van der Waals surface area contributed by atoms with Crippen LogP contribution in [0.3, 0.4) is 0 Å². The smallest absolute Gasteiger partial charge is 0.355 e. The first kappa shape index (κ1) is 9.93. The van der Waals surface area contributed by atoms with Crippen LogP contribution in [0, 0.1) is 6.92 Å². The molecule has 0 unspecified atom stereocenters. The average molecular weight is 222 g/mol. The number of rotatable bonds is 1. The summed E-state index contributed by atoms with van der Waals surface area (Å²) in [5, 5.41) is 10.8. The molecule has 0 bridgehead atoms. The standard InChI is InChI=1S/C11H8ClNO2/c1-6-5-8-7(3-2-4-9(8)12)10(13-6)11(14)15/h2-5H,1H3,(H,14,15). The highest BCUT2D eigenvalue weighted by molar-refractivity contribution is 6.35. The minimum Gasteiger partial charge on any atom is -0.476 e. The van der Waals surface area contributed by atoms with Gasteiger partial charge >= 0.3 is 5.97 Å². The number of halogens is 1. The van der Waals surface area contributed by atoms with Crippen molar-refractivity contribution in [3.05, 3.63) is 40.7 Å². The molecule has 0 aliphatic heterocycles. The van der Waals surface area contributed by atoms with E-state index in [1.807, 2.05) is 0 Å². The Bertz CT molecular complexity index is 552. The van der Waals surface area contributed by atoms with Crippen molar-refractivity contribution in [2.45, 2.75) is 6.92 Å². The molecule has 1 aromatic carbocycles. The molecule has 0 fully saturated rings. The third-order valence-electron chi connectivity index (χ3n) is 2.15. The molecule has 1 heterocycles. The van der Waals surface area contributed by atoms with Crippen LogP contribution in [0.2, 0.25) is 5.02 Å². The number of nitrogens with zero attached hydrogens (tertiary/aromatic N) is 1. The number of carboxylic acids is 1. The first-order valence-corrected chi connectivity index (χ1v) is 4.76. The molecule has 76 valence electrons. The van der Waals surface area contributed by atoms with E-state index in [-0.39, 0.29) is 5.69 Å². The third-order valence-corrected chi connectivity index (χ3v) is 2.48. The van der Waals surface area contributed by atoms with E-state index < -0.39 is 5.97 Å². The second-order valence-electron chi connectivity index (χ2n) is 3.25. The lowest BCUT2D eigenvalue weighted by Crippen LogP contribution is -2.02. The van der Waals surface area contributed by atoms with Gasteiger partial charge in [-0.15, -0.1) is 0 Å². The number of benzene rings is 1. The Balaban J connectivity index is 2.92. The van der Waals surface area contributed by atoms with E-state index in [1.54, 1.807) is 31.2 Å². The van der Waals surface area contributed by atoms with E-state index in [0.29, 0.717) is 16.1 Å². The van der Waals surface area contributed by atoms with Crippen LogP contribution in [0.25, 0.3) is 10.8 Å². The van der Waals surface area contributed by atoms with Gasteiger partial charge in [-0.25, -0.2) is 9.78 Å². The maximum absolute atomic E-state index is 11.0. The van der Waals surface area contributed by atoms with Gasteiger partial charge in [-0.05, 0) is 19.1 Å². The van der Waals surface area contributed by atoms with Gasteiger partial charge in [0, 0.05) is 21.5 Å². The van der Waals surface area contributed by atoms with Crippen LogP contribution >= 0.6 is 11.6 Å². The monoisotopic (exact) mass is 221 g/mol. The molecule has 0 radical (unpaired) electrons. The van der Waals surface area contributed by atoms with Gasteiger partial charge in [0.25, 0.3) is 0 Å². The van der Waals surface area contributed by atoms with Gasteiger partial charge in [0.05, 0.1) is 0 Å². The normalized spacial score (nSPS) is 10.5. The van der Waals surface area contributed by atoms with Crippen molar-refractivity contribution in [2.75, 3.05) is 0 Å². The lowest BCUT2D eigenvalue weighted by atomic mass is 10.1. The Labute approximate surface area is 91.3 Å². The second kappa shape index (κ2) is 3.51. The number of aryl methyl sites for hydroxylation is 1. The number of aromatic carboxylic acids is 1. The van der Waals surface area contributed by atoms with Crippen molar-refractivity contribution in [3.8, 4) is 0 Å².